The number of nitrogens with zero attached hydrogens (tertiary/aromatic N) is 2. The first-order valence-corrected chi connectivity index (χ1v) is 7.82. The summed E-state index contributed by atoms with van der Waals surface area (Å²) in [5.41, 5.74) is -0.0680. The molecule has 1 unspecified atom stereocenters. The average molecular weight is 300 g/mol. The maximum atomic E-state index is 12.2. The van der Waals surface area contributed by atoms with Crippen molar-refractivity contribution < 1.29 is 18.1 Å². The SMILES string of the molecule is CCC(C)C(=O)N(c1ccc([N+](=O)[O-])cc1)S(C)(=O)=O. The molecule has 1 atom stereocenters. The number of carbonyl (C=O) groups excluding carboxylic acids is 1. The third-order valence-electron chi connectivity index (χ3n) is 2.86. The number of non-ortho nitro benzene ring substituents is 1. The number of amides is 1. The predicted molar refractivity (Wildman–Crippen MR) is 74.9 cm³/mol. The van der Waals surface area contributed by atoms with Crippen molar-refractivity contribution in [3.8, 4) is 0 Å². The van der Waals surface area contributed by atoms with Crippen LogP contribution in [0.4, 0.5) is 11.4 Å². The molecule has 1 rings (SSSR count). The van der Waals surface area contributed by atoms with Crippen LogP contribution >= 0.6 is 0 Å². The molecule has 1 aromatic rings. The zero-order chi connectivity index (χ0) is 15.5. The molecule has 0 aromatic heterocycles. The summed E-state index contributed by atoms with van der Waals surface area (Å²) in [6.45, 7) is 3.41. The Balaban J connectivity index is 3.26. The van der Waals surface area contributed by atoms with Gasteiger partial charge in [0.25, 0.3) is 5.69 Å². The van der Waals surface area contributed by atoms with Gasteiger partial charge >= 0.3 is 0 Å². The molecular formula is C12H16N2O5S. The van der Waals surface area contributed by atoms with E-state index in [9.17, 15) is 23.3 Å². The lowest BCUT2D eigenvalue weighted by Crippen LogP contribution is -2.39. The first-order valence-electron chi connectivity index (χ1n) is 5.97. The fourth-order valence-corrected chi connectivity index (χ4v) is 2.58. The number of carbonyl (C=O) groups is 1. The van der Waals surface area contributed by atoms with Gasteiger partial charge < -0.3 is 0 Å². The molecule has 1 aromatic carbocycles. The van der Waals surface area contributed by atoms with Crippen LogP contribution in [0.3, 0.4) is 0 Å². The molecule has 0 aliphatic rings. The van der Waals surface area contributed by atoms with Gasteiger partial charge in [0.15, 0.2) is 0 Å². The fraction of sp³-hybridized carbons (Fsp3) is 0.417. The van der Waals surface area contributed by atoms with E-state index in [1.54, 1.807) is 13.8 Å². The van der Waals surface area contributed by atoms with Crippen LogP contribution in [0.1, 0.15) is 20.3 Å². The third kappa shape index (κ3) is 3.53. The van der Waals surface area contributed by atoms with Crippen molar-refractivity contribution in [2.24, 2.45) is 5.92 Å². The first-order chi connectivity index (χ1) is 9.18. The van der Waals surface area contributed by atoms with Crippen molar-refractivity contribution >= 4 is 27.3 Å². The van der Waals surface area contributed by atoms with Crippen molar-refractivity contribution in [2.75, 3.05) is 10.6 Å². The normalized spacial score (nSPS) is 12.8. The lowest BCUT2D eigenvalue weighted by atomic mass is 10.1. The highest BCUT2D eigenvalue weighted by Gasteiger charge is 2.28. The summed E-state index contributed by atoms with van der Waals surface area (Å²) in [6.07, 6.45) is 1.42. The van der Waals surface area contributed by atoms with Crippen LogP contribution in [-0.2, 0) is 14.8 Å². The Hall–Kier alpha value is -1.96. The lowest BCUT2D eigenvalue weighted by Gasteiger charge is -2.23. The van der Waals surface area contributed by atoms with Gasteiger partial charge in [0.1, 0.15) is 0 Å². The van der Waals surface area contributed by atoms with Crippen molar-refractivity contribution in [3.63, 3.8) is 0 Å². The number of benzene rings is 1. The number of sulfonamides is 1. The number of anilines is 1. The molecule has 8 heteroatoms. The maximum Gasteiger partial charge on any atom is 0.269 e. The molecule has 0 radical (unpaired) electrons. The molecule has 0 aliphatic carbocycles. The van der Waals surface area contributed by atoms with Gasteiger partial charge in [-0.25, -0.2) is 12.7 Å². The van der Waals surface area contributed by atoms with Gasteiger partial charge in [-0.2, -0.15) is 0 Å². The highest BCUT2D eigenvalue weighted by atomic mass is 32.2. The summed E-state index contributed by atoms with van der Waals surface area (Å²) in [4.78, 5) is 22.1. The van der Waals surface area contributed by atoms with Crippen LogP contribution in [0.25, 0.3) is 0 Å². The summed E-state index contributed by atoms with van der Waals surface area (Å²) in [6, 6.07) is 4.83. The largest absolute Gasteiger partial charge is 0.273 e. The highest BCUT2D eigenvalue weighted by molar-refractivity contribution is 7.92. The van der Waals surface area contributed by atoms with Crippen LogP contribution in [-0.4, -0.2) is 25.5 Å². The monoisotopic (exact) mass is 300 g/mol. The van der Waals surface area contributed by atoms with Gasteiger partial charge in [0, 0.05) is 18.1 Å². The van der Waals surface area contributed by atoms with E-state index in [4.69, 9.17) is 0 Å². The number of rotatable bonds is 5. The van der Waals surface area contributed by atoms with Gasteiger partial charge in [-0.15, -0.1) is 0 Å². The lowest BCUT2D eigenvalue weighted by molar-refractivity contribution is -0.384. The molecule has 110 valence electrons. The fourth-order valence-electron chi connectivity index (χ4n) is 1.57. The summed E-state index contributed by atoms with van der Waals surface area (Å²) in [7, 11) is -3.79. The molecule has 0 spiro atoms. The van der Waals surface area contributed by atoms with Crippen molar-refractivity contribution in [1.29, 1.82) is 0 Å². The Labute approximate surface area is 117 Å². The summed E-state index contributed by atoms with van der Waals surface area (Å²) >= 11 is 0. The molecule has 0 fully saturated rings. The molecule has 0 aliphatic heterocycles. The Morgan fingerprint density at radius 1 is 1.35 bits per heavy atom. The van der Waals surface area contributed by atoms with Crippen LogP contribution in [0.2, 0.25) is 0 Å². The average Bonchev–Trinajstić information content (AvgIpc) is 2.36. The number of hydrogen-bond acceptors (Lipinski definition) is 5. The predicted octanol–water partition coefficient (Wildman–Crippen LogP) is 1.93. The molecule has 1 amide bonds. The molecule has 0 heterocycles. The van der Waals surface area contributed by atoms with Gasteiger partial charge in [-0.1, -0.05) is 13.8 Å². The molecular weight excluding hydrogens is 284 g/mol. The zero-order valence-corrected chi connectivity index (χ0v) is 12.3. The number of nitro groups is 1. The molecule has 0 bridgehead atoms. The summed E-state index contributed by atoms with van der Waals surface area (Å²) in [5.74, 6) is -1.01. The van der Waals surface area contributed by atoms with Crippen molar-refractivity contribution in [2.45, 2.75) is 20.3 Å². The van der Waals surface area contributed by atoms with E-state index in [1.165, 1.54) is 12.1 Å². The Morgan fingerprint density at radius 2 is 1.85 bits per heavy atom. The first kappa shape index (κ1) is 16.1. The third-order valence-corrected chi connectivity index (χ3v) is 3.91. The Bertz CT molecular complexity index is 609. The smallest absolute Gasteiger partial charge is 0.269 e. The zero-order valence-electron chi connectivity index (χ0n) is 11.4. The van der Waals surface area contributed by atoms with Crippen LogP contribution < -0.4 is 4.31 Å². The number of hydrogen-bond donors (Lipinski definition) is 0. The summed E-state index contributed by atoms with van der Waals surface area (Å²) in [5, 5.41) is 10.6. The molecule has 0 saturated carbocycles. The molecule has 0 saturated heterocycles. The van der Waals surface area contributed by atoms with Crippen LogP contribution in [0.5, 0.6) is 0 Å². The Kier molecular flexibility index (Phi) is 4.83. The minimum Gasteiger partial charge on any atom is -0.273 e. The van der Waals surface area contributed by atoms with Gasteiger partial charge in [0.2, 0.25) is 15.9 Å². The van der Waals surface area contributed by atoms with Crippen molar-refractivity contribution in [1.82, 2.24) is 0 Å². The van der Waals surface area contributed by atoms with E-state index in [-0.39, 0.29) is 11.4 Å². The topological polar surface area (TPSA) is 97.6 Å². The van der Waals surface area contributed by atoms with E-state index >= 15 is 0 Å². The highest BCUT2D eigenvalue weighted by Crippen LogP contribution is 2.24. The second kappa shape index (κ2) is 6.00. The maximum absolute atomic E-state index is 12.2. The van der Waals surface area contributed by atoms with Crippen LogP contribution in [0.15, 0.2) is 24.3 Å². The summed E-state index contributed by atoms with van der Waals surface area (Å²) < 4.78 is 24.3. The van der Waals surface area contributed by atoms with E-state index in [0.717, 1.165) is 18.4 Å². The van der Waals surface area contributed by atoms with Gasteiger partial charge in [-0.3, -0.25) is 14.9 Å². The standard InChI is InChI=1S/C12H16N2O5S/c1-4-9(2)12(15)13(20(3,18)19)10-5-7-11(8-6-10)14(16)17/h5-9H,4H2,1-3H3. The minimum absolute atomic E-state index is 0.100. The van der Waals surface area contributed by atoms with E-state index in [2.05, 4.69) is 0 Å². The van der Waals surface area contributed by atoms with E-state index in [0.29, 0.717) is 10.7 Å². The molecule has 20 heavy (non-hydrogen) atoms. The Morgan fingerprint density at radius 3 is 2.20 bits per heavy atom. The van der Waals surface area contributed by atoms with Crippen molar-refractivity contribution in [3.05, 3.63) is 34.4 Å². The van der Waals surface area contributed by atoms with Gasteiger partial charge in [-0.05, 0) is 18.6 Å². The second-order valence-electron chi connectivity index (χ2n) is 4.45. The quantitative estimate of drug-likeness (QED) is 0.611. The van der Waals surface area contributed by atoms with Gasteiger partial charge in [0.05, 0.1) is 16.9 Å². The molecule has 7 nitrogen and oxygen atoms in total. The van der Waals surface area contributed by atoms with Crippen LogP contribution in [0, 0.1) is 16.0 Å². The van der Waals surface area contributed by atoms with E-state index in [1.807, 2.05) is 0 Å². The minimum atomic E-state index is -3.79. The second-order valence-corrected chi connectivity index (χ2v) is 6.28. The molecule has 0 N–H and O–H groups in total. The number of nitro benzene ring substituents is 1. The van der Waals surface area contributed by atoms with E-state index < -0.39 is 26.8 Å².